The van der Waals surface area contributed by atoms with Crippen molar-refractivity contribution in [3.05, 3.63) is 21.8 Å². The smallest absolute Gasteiger partial charge is 0.308 e. The summed E-state index contributed by atoms with van der Waals surface area (Å²) in [5.41, 5.74) is 0.815. The Kier molecular flexibility index (Phi) is 13.0. The minimum absolute atomic E-state index is 0.0788. The molecule has 1 rings (SSSR count). The molecule has 1 heterocycles. The second-order valence-electron chi connectivity index (χ2n) is 12.3. The lowest BCUT2D eigenvalue weighted by Crippen LogP contribution is -2.47. The van der Waals surface area contributed by atoms with E-state index in [1.54, 1.807) is 0 Å². The summed E-state index contributed by atoms with van der Waals surface area (Å²) in [7, 11) is -3.85. The van der Waals surface area contributed by atoms with E-state index in [2.05, 4.69) is 103 Å². The molecule has 1 unspecified atom stereocenters. The molecule has 0 spiro atoms. The normalized spacial score (nSPS) is 29.2. The molecule has 0 amide bonds. The summed E-state index contributed by atoms with van der Waals surface area (Å²) in [5.74, 6) is -0.0712. The Morgan fingerprint density at radius 3 is 2.29 bits per heavy atom. The number of cyclic esters (lactones) is 1. The van der Waals surface area contributed by atoms with Crippen molar-refractivity contribution in [2.45, 2.75) is 142 Å². The molecule has 4 atom stereocenters. The molecular weight excluding hydrogens is 583 g/mol. The number of halogens is 1. The van der Waals surface area contributed by atoms with Gasteiger partial charge in [0.05, 0.1) is 18.1 Å². The molecular formula is C28H53IO4Si2. The summed E-state index contributed by atoms with van der Waals surface area (Å²) in [5, 5.41) is 0.0788. The van der Waals surface area contributed by atoms with Gasteiger partial charge in [-0.1, -0.05) is 83.2 Å². The molecule has 0 saturated heterocycles. The number of carbonyl (C=O) groups excluding carboxylic acids is 1. The molecule has 1 aliphatic heterocycles. The van der Waals surface area contributed by atoms with Crippen LogP contribution < -0.4 is 0 Å². The first-order valence-electron chi connectivity index (χ1n) is 13.6. The molecule has 0 bridgehead atoms. The number of ether oxygens (including phenoxy) is 1. The van der Waals surface area contributed by atoms with Crippen molar-refractivity contribution >= 4 is 45.2 Å². The fraction of sp³-hybridized carbons (Fsp3) is 0.821. The van der Waals surface area contributed by atoms with E-state index in [-0.39, 0.29) is 34.7 Å². The lowest BCUT2D eigenvalue weighted by molar-refractivity contribution is -0.151. The van der Waals surface area contributed by atoms with Crippen LogP contribution in [0.1, 0.15) is 88.0 Å². The Balaban J connectivity index is 3.42. The largest absolute Gasteiger partial charge is 0.457 e. The Hall–Kier alpha value is 0.0338. The van der Waals surface area contributed by atoms with Crippen LogP contribution in [0.2, 0.25) is 36.3 Å². The van der Waals surface area contributed by atoms with Gasteiger partial charge in [0.15, 0.2) is 16.6 Å². The third kappa shape index (κ3) is 9.69. The Labute approximate surface area is 232 Å². The van der Waals surface area contributed by atoms with Crippen molar-refractivity contribution < 1.29 is 18.4 Å². The van der Waals surface area contributed by atoms with E-state index >= 15 is 0 Å². The third-order valence-electron chi connectivity index (χ3n) is 8.40. The predicted octanol–water partition coefficient (Wildman–Crippen LogP) is 9.17. The molecule has 0 radical (unpaired) electrons. The summed E-state index contributed by atoms with van der Waals surface area (Å²) in [6.07, 6.45) is 6.90. The maximum absolute atomic E-state index is 13.2. The van der Waals surface area contributed by atoms with Gasteiger partial charge in [-0.25, -0.2) is 0 Å². The Morgan fingerprint density at radius 1 is 1.23 bits per heavy atom. The fourth-order valence-electron chi connectivity index (χ4n) is 4.63. The van der Waals surface area contributed by atoms with E-state index < -0.39 is 16.6 Å². The molecule has 4 nitrogen and oxygen atoms in total. The van der Waals surface area contributed by atoms with Gasteiger partial charge in [-0.3, -0.25) is 4.79 Å². The first-order chi connectivity index (χ1) is 16.1. The van der Waals surface area contributed by atoms with Crippen molar-refractivity contribution in [3.63, 3.8) is 0 Å². The van der Waals surface area contributed by atoms with Gasteiger partial charge < -0.3 is 13.6 Å². The van der Waals surface area contributed by atoms with Crippen LogP contribution in [-0.4, -0.2) is 40.4 Å². The summed E-state index contributed by atoms with van der Waals surface area (Å²) in [4.78, 5) is 13.2. The zero-order chi connectivity index (χ0) is 27.1. The SMILES string of the molecule is CC[Si](CC)(CC)O[C@@]1(C)C/C=C/[C@H](C)[C@@H](/C(C)=C/I)OC(=O)CC(O[Si](C)(C)C(C)(C)C)CC1. The van der Waals surface area contributed by atoms with Crippen LogP contribution in [0.5, 0.6) is 0 Å². The molecule has 0 N–H and O–H groups in total. The maximum Gasteiger partial charge on any atom is 0.308 e. The van der Waals surface area contributed by atoms with Gasteiger partial charge in [0.2, 0.25) is 0 Å². The highest BCUT2D eigenvalue weighted by molar-refractivity contribution is 14.1. The topological polar surface area (TPSA) is 44.8 Å². The number of rotatable bonds is 8. The average Bonchev–Trinajstić information content (AvgIpc) is 2.77. The number of hydrogen-bond donors (Lipinski definition) is 0. The molecule has 204 valence electrons. The van der Waals surface area contributed by atoms with E-state index in [9.17, 15) is 4.79 Å². The van der Waals surface area contributed by atoms with Crippen LogP contribution in [0.3, 0.4) is 0 Å². The molecule has 35 heavy (non-hydrogen) atoms. The summed E-state index contributed by atoms with van der Waals surface area (Å²) < 4.78 is 22.0. The highest BCUT2D eigenvalue weighted by Gasteiger charge is 2.42. The van der Waals surface area contributed by atoms with Gasteiger partial charge in [-0.2, -0.15) is 0 Å². The molecule has 0 fully saturated rings. The van der Waals surface area contributed by atoms with Crippen LogP contribution >= 0.6 is 22.6 Å². The van der Waals surface area contributed by atoms with Crippen molar-refractivity contribution in [1.82, 2.24) is 0 Å². The molecule has 0 aromatic heterocycles. The fourth-order valence-corrected chi connectivity index (χ4v) is 9.54. The van der Waals surface area contributed by atoms with E-state index in [1.807, 2.05) is 11.0 Å². The quantitative estimate of drug-likeness (QED) is 0.115. The standard InChI is InChI=1S/C28H53IO4Si2/c1-12-35(13-2,14-3)33-28(9)18-15-16-22(4)26(23(5)21-29)31-25(30)20-24(17-19-28)32-34(10,11)27(6,7)8/h15-16,21-22,24,26H,12-14,17-20H2,1-11H3/b16-15+,23-21+/t22-,24?,26-,28-/m0/s1. The molecule has 0 saturated carbocycles. The van der Waals surface area contributed by atoms with Gasteiger partial charge in [0.25, 0.3) is 0 Å². The van der Waals surface area contributed by atoms with Gasteiger partial charge in [-0.15, -0.1) is 0 Å². The second-order valence-corrected chi connectivity index (χ2v) is 22.4. The van der Waals surface area contributed by atoms with Crippen LogP contribution in [0.25, 0.3) is 0 Å². The zero-order valence-electron chi connectivity index (χ0n) is 24.4. The summed E-state index contributed by atoms with van der Waals surface area (Å²) >= 11 is 2.24. The third-order valence-corrected chi connectivity index (χ3v) is 18.7. The van der Waals surface area contributed by atoms with Crippen molar-refractivity contribution in [1.29, 1.82) is 0 Å². The summed E-state index contributed by atoms with van der Waals surface area (Å²) in [6.45, 7) is 24.6. The second kappa shape index (κ2) is 13.7. The van der Waals surface area contributed by atoms with Crippen LogP contribution in [0.15, 0.2) is 21.8 Å². The number of carbonyl (C=O) groups is 1. The molecule has 7 heteroatoms. The van der Waals surface area contributed by atoms with Gasteiger partial charge in [0, 0.05) is 5.92 Å². The first kappa shape index (κ1) is 33.1. The van der Waals surface area contributed by atoms with Crippen LogP contribution in [-0.2, 0) is 18.4 Å². The van der Waals surface area contributed by atoms with E-state index in [4.69, 9.17) is 13.6 Å². The van der Waals surface area contributed by atoms with Crippen LogP contribution in [0, 0.1) is 5.92 Å². The Morgan fingerprint density at radius 2 is 1.80 bits per heavy atom. The number of esters is 1. The molecule has 0 aromatic rings. The lowest BCUT2D eigenvalue weighted by Gasteiger charge is -2.43. The average molecular weight is 637 g/mol. The molecule has 0 aliphatic carbocycles. The van der Waals surface area contributed by atoms with Gasteiger partial charge >= 0.3 is 5.97 Å². The van der Waals surface area contributed by atoms with Gasteiger partial charge in [-0.05, 0) is 79.0 Å². The van der Waals surface area contributed by atoms with Crippen molar-refractivity contribution in [2.24, 2.45) is 5.92 Å². The predicted molar refractivity (Wildman–Crippen MR) is 163 cm³/mol. The Bertz CT molecular complexity index is 731. The van der Waals surface area contributed by atoms with Gasteiger partial charge in [0.1, 0.15) is 6.10 Å². The van der Waals surface area contributed by atoms with E-state index in [0.29, 0.717) is 6.42 Å². The minimum atomic E-state index is -2.05. The highest BCUT2D eigenvalue weighted by atomic mass is 127. The molecule has 0 aromatic carbocycles. The van der Waals surface area contributed by atoms with E-state index in [1.165, 1.54) is 0 Å². The highest BCUT2D eigenvalue weighted by Crippen LogP contribution is 2.40. The maximum atomic E-state index is 13.2. The lowest BCUT2D eigenvalue weighted by atomic mass is 9.91. The summed E-state index contributed by atoms with van der Waals surface area (Å²) in [6, 6.07) is 3.40. The van der Waals surface area contributed by atoms with E-state index in [0.717, 1.165) is 43.0 Å². The zero-order valence-corrected chi connectivity index (χ0v) is 28.6. The monoisotopic (exact) mass is 636 g/mol. The number of hydrogen-bond acceptors (Lipinski definition) is 4. The van der Waals surface area contributed by atoms with Crippen molar-refractivity contribution in [3.8, 4) is 0 Å². The van der Waals surface area contributed by atoms with Crippen molar-refractivity contribution in [2.75, 3.05) is 0 Å². The molecule has 1 aliphatic rings. The minimum Gasteiger partial charge on any atom is -0.457 e. The van der Waals surface area contributed by atoms with Crippen LogP contribution in [0.4, 0.5) is 0 Å². The first-order valence-corrected chi connectivity index (χ1v) is 20.3.